The van der Waals surface area contributed by atoms with Crippen LogP contribution in [0.4, 0.5) is 0 Å². The number of likely N-dealkylation sites (N-methyl/N-ethyl adjacent to an activating group) is 1. The number of nitrogens with zero attached hydrogens (tertiary/aromatic N) is 1. The van der Waals surface area contributed by atoms with E-state index in [4.69, 9.17) is 10.5 Å². The number of ether oxygens (including phenoxy) is 1. The molecule has 20 heavy (non-hydrogen) atoms. The molecule has 0 aromatic rings. The van der Waals surface area contributed by atoms with Crippen molar-refractivity contribution in [2.45, 2.75) is 45.3 Å². The minimum Gasteiger partial charge on any atom is -0.366 e. The minimum atomic E-state index is -0.339. The van der Waals surface area contributed by atoms with Crippen LogP contribution in [0, 0.1) is 0 Å². The Morgan fingerprint density at radius 3 is 2.70 bits per heavy atom. The van der Waals surface area contributed by atoms with Crippen LogP contribution in [0.5, 0.6) is 0 Å². The molecule has 7 heteroatoms. The van der Waals surface area contributed by atoms with Gasteiger partial charge in [0.05, 0.1) is 6.61 Å². The number of hydrogen-bond acceptors (Lipinski definition) is 4. The fourth-order valence-corrected chi connectivity index (χ4v) is 2.14. The molecule has 2 unspecified atom stereocenters. The van der Waals surface area contributed by atoms with Crippen LogP contribution in [-0.2, 0) is 9.53 Å². The normalized spacial score (nSPS) is 20.4. The number of carbonyl (C=O) groups is 1. The molecule has 0 bridgehead atoms. The highest BCUT2D eigenvalue weighted by Gasteiger charge is 2.26. The second kappa shape index (κ2) is 12.7. The Labute approximate surface area is 134 Å². The quantitative estimate of drug-likeness (QED) is 0.736. The van der Waals surface area contributed by atoms with Gasteiger partial charge in [-0.1, -0.05) is 26.7 Å². The Balaban J connectivity index is 0. The van der Waals surface area contributed by atoms with Gasteiger partial charge in [0.15, 0.2) is 0 Å². The molecule has 1 aliphatic rings. The molecule has 1 fully saturated rings. The average molecular weight is 330 g/mol. The highest BCUT2D eigenvalue weighted by atomic mass is 35.5. The second-order valence-electron chi connectivity index (χ2n) is 4.84. The summed E-state index contributed by atoms with van der Waals surface area (Å²) in [6, 6.07) is 0.0815. The maximum Gasteiger partial charge on any atom is 0.250 e. The summed E-state index contributed by atoms with van der Waals surface area (Å²) >= 11 is 0. The van der Waals surface area contributed by atoms with Crippen LogP contribution < -0.4 is 11.1 Å². The van der Waals surface area contributed by atoms with E-state index in [0.29, 0.717) is 19.7 Å². The van der Waals surface area contributed by atoms with E-state index in [0.717, 1.165) is 32.4 Å². The monoisotopic (exact) mass is 329 g/mol. The summed E-state index contributed by atoms with van der Waals surface area (Å²) in [4.78, 5) is 14.3. The topological polar surface area (TPSA) is 67.6 Å². The molecule has 3 N–H and O–H groups in total. The molecular formula is C13H29Cl2N3O2. The summed E-state index contributed by atoms with van der Waals surface area (Å²) in [6.45, 7) is 7.93. The molecule has 0 aromatic heterocycles. The number of halogens is 2. The molecule has 1 amide bonds. The first-order valence-corrected chi connectivity index (χ1v) is 7.05. The molecule has 1 rings (SSSR count). The van der Waals surface area contributed by atoms with E-state index in [9.17, 15) is 4.79 Å². The predicted octanol–water partition coefficient (Wildman–Crippen LogP) is 1.18. The van der Waals surface area contributed by atoms with Crippen molar-refractivity contribution in [3.63, 3.8) is 0 Å². The zero-order chi connectivity index (χ0) is 13.4. The van der Waals surface area contributed by atoms with Crippen LogP contribution in [-0.4, -0.2) is 55.7 Å². The van der Waals surface area contributed by atoms with Crippen LogP contribution in [0.3, 0.4) is 0 Å². The fraction of sp³-hybridized carbons (Fsp3) is 0.923. The van der Waals surface area contributed by atoms with Gasteiger partial charge in [-0.25, -0.2) is 0 Å². The molecule has 0 spiro atoms. The summed E-state index contributed by atoms with van der Waals surface area (Å²) in [5.41, 5.74) is 5.68. The Bertz CT molecular complexity index is 258. The summed E-state index contributed by atoms with van der Waals surface area (Å²) in [5, 5.41) is 3.00. The van der Waals surface area contributed by atoms with Crippen molar-refractivity contribution in [2.75, 3.05) is 32.8 Å². The van der Waals surface area contributed by atoms with Gasteiger partial charge >= 0.3 is 0 Å². The van der Waals surface area contributed by atoms with Crippen LogP contribution >= 0.6 is 24.8 Å². The lowest BCUT2D eigenvalue weighted by molar-refractivity contribution is -0.139. The van der Waals surface area contributed by atoms with Gasteiger partial charge in [0.1, 0.15) is 6.10 Å². The molecule has 0 aliphatic carbocycles. The maximum atomic E-state index is 12.1. The van der Waals surface area contributed by atoms with Crippen molar-refractivity contribution < 1.29 is 9.53 Å². The largest absolute Gasteiger partial charge is 0.366 e. The third-order valence-corrected chi connectivity index (χ3v) is 3.43. The van der Waals surface area contributed by atoms with Gasteiger partial charge in [0.25, 0.3) is 5.91 Å². The Morgan fingerprint density at radius 2 is 2.15 bits per heavy atom. The van der Waals surface area contributed by atoms with Gasteiger partial charge in [-0.2, -0.15) is 0 Å². The van der Waals surface area contributed by atoms with Crippen molar-refractivity contribution in [3.8, 4) is 0 Å². The third-order valence-electron chi connectivity index (χ3n) is 3.43. The van der Waals surface area contributed by atoms with Crippen LogP contribution in [0.15, 0.2) is 0 Å². The van der Waals surface area contributed by atoms with Gasteiger partial charge in [-0.15, -0.1) is 24.8 Å². The average Bonchev–Trinajstić information content (AvgIpc) is 2.43. The standard InChI is InChI=1S/C13H27N3O2.2ClH/c1-3-5-6-11(9-14)15-13(17)12-10-16(4-2)7-8-18-12;;/h11-12H,3-10,14H2,1-2H3,(H,15,17);2*1H. The first kappa shape index (κ1) is 22.2. The summed E-state index contributed by atoms with van der Waals surface area (Å²) < 4.78 is 5.53. The molecule has 1 saturated heterocycles. The molecule has 5 nitrogen and oxygen atoms in total. The Kier molecular flexibility index (Phi) is 14.1. The molecule has 0 aromatic carbocycles. The number of nitrogens with two attached hydrogens (primary N) is 1. The summed E-state index contributed by atoms with van der Waals surface area (Å²) in [5.74, 6) is -0.0142. The number of amides is 1. The number of rotatable bonds is 7. The van der Waals surface area contributed by atoms with Crippen LogP contribution in [0.1, 0.15) is 33.1 Å². The van der Waals surface area contributed by atoms with Crippen molar-refractivity contribution in [1.29, 1.82) is 0 Å². The van der Waals surface area contributed by atoms with Gasteiger partial charge < -0.3 is 15.8 Å². The minimum absolute atomic E-state index is 0. The van der Waals surface area contributed by atoms with Gasteiger partial charge in [-0.05, 0) is 13.0 Å². The van der Waals surface area contributed by atoms with E-state index in [-0.39, 0.29) is 42.9 Å². The first-order chi connectivity index (χ1) is 8.71. The first-order valence-electron chi connectivity index (χ1n) is 7.05. The van der Waals surface area contributed by atoms with Gasteiger partial charge in [0.2, 0.25) is 0 Å². The highest BCUT2D eigenvalue weighted by molar-refractivity contribution is 5.85. The lowest BCUT2D eigenvalue weighted by Crippen LogP contribution is -2.52. The molecule has 0 radical (unpaired) electrons. The van der Waals surface area contributed by atoms with E-state index in [1.54, 1.807) is 0 Å². The van der Waals surface area contributed by atoms with E-state index in [1.807, 2.05) is 0 Å². The molecular weight excluding hydrogens is 301 g/mol. The van der Waals surface area contributed by atoms with Crippen molar-refractivity contribution in [3.05, 3.63) is 0 Å². The molecule has 0 saturated carbocycles. The zero-order valence-electron chi connectivity index (χ0n) is 12.5. The smallest absolute Gasteiger partial charge is 0.250 e. The van der Waals surface area contributed by atoms with Gasteiger partial charge in [0, 0.05) is 25.7 Å². The van der Waals surface area contributed by atoms with Gasteiger partial charge in [-0.3, -0.25) is 9.69 Å². The van der Waals surface area contributed by atoms with E-state index in [2.05, 4.69) is 24.1 Å². The lowest BCUT2D eigenvalue weighted by Gasteiger charge is -2.32. The third kappa shape index (κ3) is 7.64. The Morgan fingerprint density at radius 1 is 1.45 bits per heavy atom. The van der Waals surface area contributed by atoms with E-state index < -0.39 is 0 Å². The second-order valence-corrected chi connectivity index (χ2v) is 4.84. The molecule has 1 aliphatic heterocycles. The number of carbonyl (C=O) groups excluding carboxylic acids is 1. The fourth-order valence-electron chi connectivity index (χ4n) is 2.14. The zero-order valence-corrected chi connectivity index (χ0v) is 14.1. The van der Waals surface area contributed by atoms with Crippen molar-refractivity contribution in [1.82, 2.24) is 10.2 Å². The molecule has 122 valence electrons. The molecule has 2 atom stereocenters. The highest BCUT2D eigenvalue weighted by Crippen LogP contribution is 2.06. The van der Waals surface area contributed by atoms with E-state index >= 15 is 0 Å². The maximum absolute atomic E-state index is 12.1. The van der Waals surface area contributed by atoms with Crippen molar-refractivity contribution in [2.24, 2.45) is 5.73 Å². The lowest BCUT2D eigenvalue weighted by atomic mass is 10.1. The SMILES string of the molecule is CCCCC(CN)NC(=O)C1CN(CC)CCO1.Cl.Cl. The Hall–Kier alpha value is -0.0700. The number of morpholine rings is 1. The molecule has 1 heterocycles. The summed E-state index contributed by atoms with van der Waals surface area (Å²) in [6.07, 6.45) is 2.82. The van der Waals surface area contributed by atoms with Crippen LogP contribution in [0.2, 0.25) is 0 Å². The summed E-state index contributed by atoms with van der Waals surface area (Å²) in [7, 11) is 0. The van der Waals surface area contributed by atoms with Crippen molar-refractivity contribution >= 4 is 30.7 Å². The number of nitrogens with one attached hydrogen (secondary N) is 1. The predicted molar refractivity (Wildman–Crippen MR) is 86.9 cm³/mol. The number of unbranched alkanes of at least 4 members (excludes halogenated alkanes) is 1. The number of hydrogen-bond donors (Lipinski definition) is 2. The van der Waals surface area contributed by atoms with E-state index in [1.165, 1.54) is 0 Å². The van der Waals surface area contributed by atoms with Crippen LogP contribution in [0.25, 0.3) is 0 Å².